The molecule has 3 aromatic rings. The first-order valence-corrected chi connectivity index (χ1v) is 6.32. The Morgan fingerprint density at radius 1 is 1.10 bits per heavy atom. The Morgan fingerprint density at radius 3 is 2.50 bits per heavy atom. The summed E-state index contributed by atoms with van der Waals surface area (Å²) in [5.74, 6) is -1.27. The van der Waals surface area contributed by atoms with Crippen LogP contribution in [0.4, 0.5) is 8.78 Å². The van der Waals surface area contributed by atoms with Crippen molar-refractivity contribution in [3.8, 4) is 5.69 Å². The van der Waals surface area contributed by atoms with Crippen LogP contribution in [0.25, 0.3) is 16.6 Å². The molecule has 2 aromatic carbocycles. The van der Waals surface area contributed by atoms with Crippen LogP contribution in [0.15, 0.2) is 42.6 Å². The molecule has 3 rings (SSSR count). The molecule has 1 aromatic heterocycles. The van der Waals surface area contributed by atoms with Crippen molar-refractivity contribution in [1.82, 2.24) is 9.78 Å². The van der Waals surface area contributed by atoms with E-state index < -0.39 is 11.6 Å². The average Bonchev–Trinajstić information content (AvgIpc) is 2.83. The number of halogens is 2. The molecule has 0 aliphatic rings. The molecule has 0 aliphatic heterocycles. The maximum Gasteiger partial charge on any atom is 0.152 e. The zero-order valence-corrected chi connectivity index (χ0v) is 10.7. The van der Waals surface area contributed by atoms with E-state index in [9.17, 15) is 8.78 Å². The van der Waals surface area contributed by atoms with E-state index in [1.54, 1.807) is 18.3 Å². The quantitative estimate of drug-likeness (QED) is 0.797. The van der Waals surface area contributed by atoms with E-state index in [0.717, 1.165) is 5.39 Å². The first-order chi connectivity index (χ1) is 9.70. The molecule has 102 valence electrons. The Balaban J connectivity index is 2.19. The fourth-order valence-electron chi connectivity index (χ4n) is 2.28. The molecular formula is C15H13F2N3. The number of nitrogens with zero attached hydrogens (tertiary/aromatic N) is 2. The van der Waals surface area contributed by atoms with Crippen LogP contribution in [-0.4, -0.2) is 16.3 Å². The van der Waals surface area contributed by atoms with Gasteiger partial charge in [0.2, 0.25) is 0 Å². The van der Waals surface area contributed by atoms with Gasteiger partial charge in [-0.15, -0.1) is 0 Å². The highest BCUT2D eigenvalue weighted by Gasteiger charge is 2.15. The Labute approximate surface area is 114 Å². The Kier molecular flexibility index (Phi) is 3.20. The summed E-state index contributed by atoms with van der Waals surface area (Å²) in [6, 6.07) is 9.89. The summed E-state index contributed by atoms with van der Waals surface area (Å²) in [5, 5.41) is 4.91. The zero-order valence-electron chi connectivity index (χ0n) is 10.7. The summed E-state index contributed by atoms with van der Waals surface area (Å²) >= 11 is 0. The van der Waals surface area contributed by atoms with Gasteiger partial charge in [0.15, 0.2) is 11.6 Å². The molecule has 0 atom stereocenters. The number of hydrogen-bond acceptors (Lipinski definition) is 2. The smallest absolute Gasteiger partial charge is 0.152 e. The van der Waals surface area contributed by atoms with Gasteiger partial charge < -0.3 is 5.73 Å². The van der Waals surface area contributed by atoms with Crippen LogP contribution in [0.1, 0.15) is 5.56 Å². The molecule has 0 saturated carbocycles. The van der Waals surface area contributed by atoms with E-state index in [0.29, 0.717) is 24.0 Å². The lowest BCUT2D eigenvalue weighted by atomic mass is 10.1. The number of rotatable bonds is 3. The molecule has 0 fully saturated rings. The fraction of sp³-hybridized carbons (Fsp3) is 0.133. The highest BCUT2D eigenvalue weighted by atomic mass is 19.1. The van der Waals surface area contributed by atoms with E-state index in [4.69, 9.17) is 5.73 Å². The third kappa shape index (κ3) is 2.06. The van der Waals surface area contributed by atoms with Crippen LogP contribution in [-0.2, 0) is 6.42 Å². The molecule has 0 amide bonds. The maximum absolute atomic E-state index is 14.2. The van der Waals surface area contributed by atoms with Gasteiger partial charge in [0, 0.05) is 5.39 Å². The van der Waals surface area contributed by atoms with E-state index in [-0.39, 0.29) is 5.69 Å². The van der Waals surface area contributed by atoms with Crippen molar-refractivity contribution in [2.45, 2.75) is 6.42 Å². The number of para-hydroxylation sites is 1. The molecule has 0 saturated heterocycles. The van der Waals surface area contributed by atoms with Gasteiger partial charge >= 0.3 is 0 Å². The standard InChI is InChI=1S/C15H13F2N3/c16-12-7-10(5-6-18)8-13(17)15(12)20-14-4-2-1-3-11(14)9-19-20/h1-4,7-9H,5-6,18H2. The Bertz CT molecular complexity index is 742. The minimum Gasteiger partial charge on any atom is -0.330 e. The van der Waals surface area contributed by atoms with E-state index >= 15 is 0 Å². The second kappa shape index (κ2) is 5.02. The molecule has 5 heteroatoms. The molecule has 2 N–H and O–H groups in total. The predicted octanol–water partition coefficient (Wildman–Crippen LogP) is 2.80. The summed E-state index contributed by atoms with van der Waals surface area (Å²) in [5.41, 5.74) is 6.45. The minimum absolute atomic E-state index is 0.160. The Morgan fingerprint density at radius 2 is 1.80 bits per heavy atom. The lowest BCUT2D eigenvalue weighted by Gasteiger charge is -2.09. The van der Waals surface area contributed by atoms with Gasteiger partial charge in [-0.2, -0.15) is 5.10 Å². The molecular weight excluding hydrogens is 260 g/mol. The van der Waals surface area contributed by atoms with Crippen LogP contribution >= 0.6 is 0 Å². The first kappa shape index (κ1) is 12.7. The fourth-order valence-corrected chi connectivity index (χ4v) is 2.28. The minimum atomic E-state index is -0.637. The summed E-state index contributed by atoms with van der Waals surface area (Å²) in [6.45, 7) is 0.350. The SMILES string of the molecule is NCCc1cc(F)c(-n2ncc3ccccc32)c(F)c1. The topological polar surface area (TPSA) is 43.8 Å². The van der Waals surface area contributed by atoms with E-state index in [2.05, 4.69) is 5.10 Å². The molecule has 0 spiro atoms. The molecule has 0 unspecified atom stereocenters. The molecule has 0 aliphatic carbocycles. The molecule has 20 heavy (non-hydrogen) atoms. The van der Waals surface area contributed by atoms with Crippen LogP contribution in [0.3, 0.4) is 0 Å². The van der Waals surface area contributed by atoms with Crippen molar-refractivity contribution >= 4 is 10.9 Å². The van der Waals surface area contributed by atoms with Crippen LogP contribution in [0.2, 0.25) is 0 Å². The molecule has 3 nitrogen and oxygen atoms in total. The predicted molar refractivity (Wildman–Crippen MR) is 73.7 cm³/mol. The lowest BCUT2D eigenvalue weighted by molar-refractivity contribution is 0.559. The molecule has 1 heterocycles. The summed E-state index contributed by atoms with van der Waals surface area (Å²) in [7, 11) is 0. The summed E-state index contributed by atoms with van der Waals surface area (Å²) in [6.07, 6.45) is 2.02. The van der Waals surface area contributed by atoms with E-state index in [1.165, 1.54) is 16.8 Å². The number of hydrogen-bond donors (Lipinski definition) is 1. The molecule has 0 bridgehead atoms. The second-order valence-corrected chi connectivity index (χ2v) is 4.56. The summed E-state index contributed by atoms with van der Waals surface area (Å²) < 4.78 is 29.7. The van der Waals surface area contributed by atoms with Gasteiger partial charge in [-0.25, -0.2) is 13.5 Å². The highest BCUT2D eigenvalue weighted by Crippen LogP contribution is 2.24. The van der Waals surface area contributed by atoms with Gasteiger partial charge in [-0.1, -0.05) is 18.2 Å². The van der Waals surface area contributed by atoms with Crippen molar-refractivity contribution in [3.63, 3.8) is 0 Å². The lowest BCUT2D eigenvalue weighted by Crippen LogP contribution is -2.07. The van der Waals surface area contributed by atoms with Crippen LogP contribution < -0.4 is 5.73 Å². The molecule has 0 radical (unpaired) electrons. The number of benzene rings is 2. The monoisotopic (exact) mass is 273 g/mol. The van der Waals surface area contributed by atoms with Gasteiger partial charge in [0.25, 0.3) is 0 Å². The second-order valence-electron chi connectivity index (χ2n) is 4.56. The summed E-state index contributed by atoms with van der Waals surface area (Å²) in [4.78, 5) is 0. The van der Waals surface area contributed by atoms with Gasteiger partial charge in [-0.3, -0.25) is 0 Å². The average molecular weight is 273 g/mol. The third-order valence-corrected chi connectivity index (χ3v) is 3.20. The van der Waals surface area contributed by atoms with Crippen LogP contribution in [0.5, 0.6) is 0 Å². The van der Waals surface area contributed by atoms with Crippen LogP contribution in [0, 0.1) is 11.6 Å². The number of aromatic nitrogens is 2. The Hall–Kier alpha value is -2.27. The van der Waals surface area contributed by atoms with Crippen molar-refractivity contribution in [2.24, 2.45) is 5.73 Å². The zero-order chi connectivity index (χ0) is 14.1. The normalized spacial score (nSPS) is 11.2. The van der Waals surface area contributed by atoms with Crippen molar-refractivity contribution in [2.75, 3.05) is 6.54 Å². The first-order valence-electron chi connectivity index (χ1n) is 6.32. The van der Waals surface area contributed by atoms with E-state index in [1.807, 2.05) is 12.1 Å². The number of fused-ring (bicyclic) bond motifs is 1. The van der Waals surface area contributed by atoms with Crippen molar-refractivity contribution in [3.05, 3.63) is 59.8 Å². The van der Waals surface area contributed by atoms with Crippen molar-refractivity contribution in [1.29, 1.82) is 0 Å². The largest absolute Gasteiger partial charge is 0.330 e. The highest BCUT2D eigenvalue weighted by molar-refractivity contribution is 5.80. The number of nitrogens with two attached hydrogens (primary N) is 1. The van der Waals surface area contributed by atoms with Gasteiger partial charge in [0.1, 0.15) is 5.69 Å². The van der Waals surface area contributed by atoms with Crippen molar-refractivity contribution < 1.29 is 8.78 Å². The maximum atomic E-state index is 14.2. The van der Waals surface area contributed by atoms with Gasteiger partial charge in [0.05, 0.1) is 11.7 Å². The third-order valence-electron chi connectivity index (χ3n) is 3.20. The van der Waals surface area contributed by atoms with Gasteiger partial charge in [-0.05, 0) is 36.7 Å².